The van der Waals surface area contributed by atoms with Gasteiger partial charge in [-0.3, -0.25) is 10.2 Å². The van der Waals surface area contributed by atoms with Crippen LogP contribution in [0.25, 0.3) is 0 Å². The van der Waals surface area contributed by atoms with Gasteiger partial charge < -0.3 is 4.84 Å². The van der Waals surface area contributed by atoms with Gasteiger partial charge in [-0.25, -0.2) is 4.79 Å². The van der Waals surface area contributed by atoms with E-state index in [4.69, 9.17) is 5.53 Å². The van der Waals surface area contributed by atoms with Crippen molar-refractivity contribution in [2.24, 2.45) is 16.3 Å². The van der Waals surface area contributed by atoms with Gasteiger partial charge in [0.25, 0.3) is 5.91 Å². The number of nitrogens with one attached hydrogen (secondary N) is 2. The molecule has 0 saturated heterocycles. The van der Waals surface area contributed by atoms with Gasteiger partial charge in [-0.05, 0) is 12.8 Å². The van der Waals surface area contributed by atoms with Crippen molar-refractivity contribution in [3.63, 3.8) is 0 Å². The maximum absolute atomic E-state index is 11.0. The van der Waals surface area contributed by atoms with Crippen LogP contribution >= 0.6 is 0 Å². The number of hydrogen-bond acceptors (Lipinski definition) is 7. The topological polar surface area (TPSA) is 147 Å². The molecule has 0 aliphatic carbocycles. The summed E-state index contributed by atoms with van der Waals surface area (Å²) >= 11 is 0. The monoisotopic (exact) mass is 231 g/mol. The van der Waals surface area contributed by atoms with Crippen LogP contribution in [-0.4, -0.2) is 17.9 Å². The van der Waals surface area contributed by atoms with Gasteiger partial charge in [0.1, 0.15) is 6.04 Å². The van der Waals surface area contributed by atoms with Gasteiger partial charge in [0.15, 0.2) is 0 Å². The number of hydrogen-bond donors (Lipinski definition) is 3. The maximum Gasteiger partial charge on any atom is 0.348 e. The zero-order valence-electron chi connectivity index (χ0n) is 8.51. The first kappa shape index (κ1) is 14.1. The second kappa shape index (κ2) is 8.41. The Morgan fingerprint density at radius 2 is 2.12 bits per heavy atom. The molecule has 9 nitrogen and oxygen atoms in total. The van der Waals surface area contributed by atoms with E-state index in [1.807, 2.05) is 0 Å². The zero-order valence-corrected chi connectivity index (χ0v) is 8.51. The maximum atomic E-state index is 11.0. The minimum atomic E-state index is -0.818. The van der Waals surface area contributed by atoms with E-state index in [9.17, 15) is 14.5 Å². The van der Waals surface area contributed by atoms with Crippen LogP contribution in [0.4, 0.5) is 0 Å². The van der Waals surface area contributed by atoms with Crippen molar-refractivity contribution in [1.82, 2.24) is 5.43 Å². The highest BCUT2D eigenvalue weighted by Crippen LogP contribution is 2.05. The van der Waals surface area contributed by atoms with Crippen molar-refractivity contribution in [3.05, 3.63) is 4.91 Å². The molecule has 1 atom stereocenters. The fraction of sp³-hybridized carbons (Fsp3) is 0.714. The van der Waals surface area contributed by atoms with Gasteiger partial charge >= 0.3 is 5.97 Å². The highest BCUT2D eigenvalue weighted by molar-refractivity contribution is 5.76. The number of rotatable bonds is 8. The van der Waals surface area contributed by atoms with E-state index in [-0.39, 0.29) is 6.42 Å². The predicted molar refractivity (Wildman–Crippen MR) is 51.6 cm³/mol. The number of nitrogens with zero attached hydrogens (tertiary/aromatic N) is 2. The van der Waals surface area contributed by atoms with Crippen molar-refractivity contribution in [1.29, 1.82) is 5.53 Å². The average molecular weight is 231 g/mol. The van der Waals surface area contributed by atoms with Crippen LogP contribution in [0, 0.1) is 10.4 Å². The molecule has 0 aromatic rings. The van der Waals surface area contributed by atoms with E-state index >= 15 is 0 Å². The van der Waals surface area contributed by atoms with Gasteiger partial charge in [0, 0.05) is 11.6 Å². The van der Waals surface area contributed by atoms with Crippen molar-refractivity contribution >= 4 is 11.9 Å². The van der Waals surface area contributed by atoms with Crippen LogP contribution in [0.15, 0.2) is 10.4 Å². The first-order chi connectivity index (χ1) is 7.65. The molecule has 0 aliphatic rings. The van der Waals surface area contributed by atoms with Gasteiger partial charge in [0.2, 0.25) is 0 Å². The van der Waals surface area contributed by atoms with Crippen molar-refractivity contribution in [3.8, 4) is 0 Å². The largest absolute Gasteiger partial charge is 0.372 e. The molecule has 4 N–H and O–H groups in total. The fourth-order valence-corrected chi connectivity index (χ4v) is 1.07. The lowest BCUT2D eigenvalue weighted by atomic mass is 10.1. The highest BCUT2D eigenvalue weighted by Gasteiger charge is 2.18. The number of amides is 1. The lowest BCUT2D eigenvalue weighted by Crippen LogP contribution is -2.36. The molecular weight excluding hydrogens is 218 g/mol. The SMILES string of the molecule is N=NN[C@@H](CCCCC(=O)N=O)C(=O)ON. The molecule has 0 bridgehead atoms. The molecule has 0 rings (SSSR count). The Labute approximate surface area is 91.1 Å². The second-order valence-electron chi connectivity index (χ2n) is 2.96. The summed E-state index contributed by atoms with van der Waals surface area (Å²) in [5, 5.41) is 5.07. The van der Waals surface area contributed by atoms with Crippen LogP contribution in [0.2, 0.25) is 0 Å². The molecule has 0 aromatic heterocycles. The molecule has 9 heteroatoms. The fourth-order valence-electron chi connectivity index (χ4n) is 1.07. The molecule has 0 radical (unpaired) electrons. The summed E-state index contributed by atoms with van der Waals surface area (Å²) in [5.41, 5.74) is 8.74. The van der Waals surface area contributed by atoms with E-state index in [0.29, 0.717) is 19.3 Å². The first-order valence-electron chi connectivity index (χ1n) is 4.54. The van der Waals surface area contributed by atoms with E-state index in [2.05, 4.69) is 26.6 Å². The summed E-state index contributed by atoms with van der Waals surface area (Å²) < 4.78 is 0. The Kier molecular flexibility index (Phi) is 7.41. The Morgan fingerprint density at radius 1 is 1.44 bits per heavy atom. The minimum absolute atomic E-state index is 0.0336. The summed E-state index contributed by atoms with van der Waals surface area (Å²) in [7, 11) is 0. The Balaban J connectivity index is 3.84. The third-order valence-corrected chi connectivity index (χ3v) is 1.86. The average Bonchev–Trinajstić information content (AvgIpc) is 2.31. The predicted octanol–water partition coefficient (Wildman–Crippen LogP) is 0.161. The van der Waals surface area contributed by atoms with Crippen LogP contribution in [0.1, 0.15) is 25.7 Å². The van der Waals surface area contributed by atoms with Gasteiger partial charge in [-0.1, -0.05) is 11.6 Å². The number of nitrogens with two attached hydrogens (primary N) is 1. The molecule has 1 amide bonds. The Bertz CT molecular complexity index is 270. The number of carbonyl (C=O) groups excluding carboxylic acids is 2. The molecular formula is C7H13N5O4. The van der Waals surface area contributed by atoms with Gasteiger partial charge in [-0.15, -0.1) is 4.91 Å². The van der Waals surface area contributed by atoms with E-state index in [1.165, 1.54) is 0 Å². The third kappa shape index (κ3) is 5.75. The van der Waals surface area contributed by atoms with Crippen molar-refractivity contribution in [2.75, 3.05) is 0 Å². The van der Waals surface area contributed by atoms with Crippen LogP contribution in [-0.2, 0) is 14.4 Å². The summed E-state index contributed by atoms with van der Waals surface area (Å²) in [4.78, 5) is 35.2. The molecule has 0 heterocycles. The van der Waals surface area contributed by atoms with E-state index in [0.717, 1.165) is 0 Å². The molecule has 0 spiro atoms. The first-order valence-corrected chi connectivity index (χ1v) is 4.54. The number of unbranched alkanes of at least 4 members (excludes halogenated alkanes) is 1. The van der Waals surface area contributed by atoms with Crippen molar-refractivity contribution < 1.29 is 14.4 Å². The number of carbonyl (C=O) groups is 2. The summed E-state index contributed by atoms with van der Waals surface area (Å²) in [6, 6.07) is -0.818. The van der Waals surface area contributed by atoms with Crippen LogP contribution < -0.4 is 11.3 Å². The van der Waals surface area contributed by atoms with Crippen molar-refractivity contribution in [2.45, 2.75) is 31.7 Å². The molecule has 0 aromatic carbocycles. The van der Waals surface area contributed by atoms with E-state index in [1.54, 1.807) is 0 Å². The molecule has 0 saturated carbocycles. The molecule has 16 heavy (non-hydrogen) atoms. The third-order valence-electron chi connectivity index (χ3n) is 1.86. The molecule has 90 valence electrons. The Morgan fingerprint density at radius 3 is 2.62 bits per heavy atom. The molecule has 0 unspecified atom stereocenters. The summed E-state index contributed by atoms with van der Waals surface area (Å²) in [6.45, 7) is 0. The van der Waals surface area contributed by atoms with Crippen LogP contribution in [0.5, 0.6) is 0 Å². The van der Waals surface area contributed by atoms with Gasteiger partial charge in [0.05, 0.1) is 0 Å². The molecule has 0 fully saturated rings. The smallest absolute Gasteiger partial charge is 0.348 e. The van der Waals surface area contributed by atoms with Gasteiger partial charge in [-0.2, -0.15) is 11.4 Å². The van der Waals surface area contributed by atoms with Crippen LogP contribution in [0.3, 0.4) is 0 Å². The minimum Gasteiger partial charge on any atom is -0.372 e. The Hall–Kier alpha value is -1.90. The summed E-state index contributed by atoms with van der Waals surface area (Å²) in [6.07, 6.45) is 1.22. The quantitative estimate of drug-likeness (QED) is 0.234. The summed E-state index contributed by atoms with van der Waals surface area (Å²) in [5.74, 6) is 3.21. The standard InChI is InChI=1S/C7H13N5O4/c8-12-10-5(7(14)16-9)3-1-2-4-6(13)11-15/h5H,1-4,9H2,(H2,8,10)/t5-/m0/s1. The lowest BCUT2D eigenvalue weighted by Gasteiger charge is -2.11. The molecule has 0 aliphatic heterocycles. The zero-order chi connectivity index (χ0) is 12.4. The normalized spacial score (nSPS) is 11.3. The number of nitroso groups, excluding NO2 is 1. The highest BCUT2D eigenvalue weighted by atomic mass is 16.7. The van der Waals surface area contributed by atoms with E-state index < -0.39 is 17.9 Å². The second-order valence-corrected chi connectivity index (χ2v) is 2.96. The lowest BCUT2D eigenvalue weighted by molar-refractivity contribution is -0.147.